The Hall–Kier alpha value is -1.03. The van der Waals surface area contributed by atoms with E-state index in [1.165, 1.54) is 0 Å². The van der Waals surface area contributed by atoms with Gasteiger partial charge in [-0.1, -0.05) is 6.07 Å². The van der Waals surface area contributed by atoms with Crippen LogP contribution in [0.25, 0.3) is 0 Å². The normalized spacial score (nSPS) is 10.1. The van der Waals surface area contributed by atoms with Gasteiger partial charge in [0.2, 0.25) is 0 Å². The Morgan fingerprint density at radius 1 is 1.50 bits per heavy atom. The molecule has 0 bridgehead atoms. The van der Waals surface area contributed by atoms with E-state index >= 15 is 0 Å². The fraction of sp³-hybridized carbons (Fsp3) is 0.417. The van der Waals surface area contributed by atoms with Crippen molar-refractivity contribution in [1.29, 1.82) is 0 Å². The quantitative estimate of drug-likeness (QED) is 0.873. The van der Waals surface area contributed by atoms with Crippen LogP contribution in [-0.2, 0) is 11.2 Å². The van der Waals surface area contributed by atoms with Gasteiger partial charge in [0, 0.05) is 6.42 Å². The highest BCUT2D eigenvalue weighted by Crippen LogP contribution is 2.26. The first kappa shape index (κ1) is 13.0. The molecule has 0 unspecified atom stereocenters. The number of carboxylic acids is 1. The molecule has 0 fully saturated rings. The molecule has 0 aromatic heterocycles. The van der Waals surface area contributed by atoms with Crippen molar-refractivity contribution in [1.82, 2.24) is 0 Å². The molecule has 0 heterocycles. The number of halogens is 1. The third-order valence-electron chi connectivity index (χ3n) is 2.15. The number of carboxylic acid groups (broad SMARTS) is 1. The predicted molar refractivity (Wildman–Crippen MR) is 65.9 cm³/mol. The van der Waals surface area contributed by atoms with Crippen molar-refractivity contribution >= 4 is 21.9 Å². The maximum absolute atomic E-state index is 10.4. The Kier molecular flexibility index (Phi) is 5.32. The van der Waals surface area contributed by atoms with E-state index in [4.69, 9.17) is 9.84 Å². The van der Waals surface area contributed by atoms with E-state index in [-0.39, 0.29) is 6.42 Å². The van der Waals surface area contributed by atoms with Crippen LogP contribution in [0.1, 0.15) is 25.3 Å². The molecular weight excluding hydrogens is 272 g/mol. The molecule has 1 aromatic rings. The molecule has 88 valence electrons. The lowest BCUT2D eigenvalue weighted by atomic mass is 10.1. The number of benzene rings is 1. The van der Waals surface area contributed by atoms with E-state index in [9.17, 15) is 4.79 Å². The zero-order chi connectivity index (χ0) is 12.0. The summed E-state index contributed by atoms with van der Waals surface area (Å²) >= 11 is 3.43. The maximum Gasteiger partial charge on any atom is 0.303 e. The summed E-state index contributed by atoms with van der Waals surface area (Å²) in [5.41, 5.74) is 1.12. The molecule has 0 spiro atoms. The van der Waals surface area contributed by atoms with Crippen LogP contribution >= 0.6 is 15.9 Å². The van der Waals surface area contributed by atoms with E-state index in [1.54, 1.807) is 0 Å². The molecule has 4 heteroatoms. The van der Waals surface area contributed by atoms with E-state index in [0.29, 0.717) is 13.0 Å². The average Bonchev–Trinajstić information content (AvgIpc) is 2.21. The number of aliphatic carboxylic acids is 1. The summed E-state index contributed by atoms with van der Waals surface area (Å²) in [6.45, 7) is 2.57. The van der Waals surface area contributed by atoms with Gasteiger partial charge in [0.05, 0.1) is 11.1 Å². The summed E-state index contributed by atoms with van der Waals surface area (Å²) in [7, 11) is 0. The summed E-state index contributed by atoms with van der Waals surface area (Å²) in [5.74, 6) is 0.0782. The zero-order valence-electron chi connectivity index (χ0n) is 9.20. The van der Waals surface area contributed by atoms with Crippen molar-refractivity contribution in [3.8, 4) is 5.75 Å². The Morgan fingerprint density at radius 3 is 2.81 bits per heavy atom. The van der Waals surface area contributed by atoms with Crippen molar-refractivity contribution in [2.75, 3.05) is 6.61 Å². The van der Waals surface area contributed by atoms with Gasteiger partial charge >= 0.3 is 5.97 Å². The largest absolute Gasteiger partial charge is 0.493 e. The first-order chi connectivity index (χ1) is 7.63. The van der Waals surface area contributed by atoms with Gasteiger partial charge in [-0.15, -0.1) is 0 Å². The number of hydrogen-bond donors (Lipinski definition) is 1. The minimum atomic E-state index is -0.745. The molecule has 1 aromatic carbocycles. The van der Waals surface area contributed by atoms with Crippen LogP contribution in [-0.4, -0.2) is 17.7 Å². The summed E-state index contributed by atoms with van der Waals surface area (Å²) in [6.07, 6.45) is 1.65. The fourth-order valence-electron chi connectivity index (χ4n) is 1.42. The lowest BCUT2D eigenvalue weighted by Gasteiger charge is -2.07. The van der Waals surface area contributed by atoms with Gasteiger partial charge in [0.15, 0.2) is 0 Å². The van der Waals surface area contributed by atoms with Gasteiger partial charge < -0.3 is 9.84 Å². The fourth-order valence-corrected chi connectivity index (χ4v) is 1.96. The topological polar surface area (TPSA) is 46.5 Å². The SMILES string of the molecule is CCOc1ccc(CCCC(=O)O)cc1Br. The summed E-state index contributed by atoms with van der Waals surface area (Å²) in [6, 6.07) is 5.86. The van der Waals surface area contributed by atoms with Crippen LogP contribution in [0.3, 0.4) is 0 Å². The van der Waals surface area contributed by atoms with Gasteiger partial charge in [-0.2, -0.15) is 0 Å². The summed E-state index contributed by atoms with van der Waals surface area (Å²) in [5, 5.41) is 8.53. The second-order valence-electron chi connectivity index (χ2n) is 3.45. The number of carbonyl (C=O) groups is 1. The summed E-state index contributed by atoms with van der Waals surface area (Å²) in [4.78, 5) is 10.4. The Balaban J connectivity index is 2.55. The molecule has 16 heavy (non-hydrogen) atoms. The van der Waals surface area contributed by atoms with Gasteiger partial charge in [-0.05, 0) is 53.4 Å². The van der Waals surface area contributed by atoms with Crippen LogP contribution in [0, 0.1) is 0 Å². The van der Waals surface area contributed by atoms with Crippen molar-refractivity contribution in [2.24, 2.45) is 0 Å². The number of ether oxygens (including phenoxy) is 1. The molecule has 0 aliphatic rings. The van der Waals surface area contributed by atoms with Crippen molar-refractivity contribution in [2.45, 2.75) is 26.2 Å². The highest BCUT2D eigenvalue weighted by atomic mass is 79.9. The molecule has 0 amide bonds. The van der Waals surface area contributed by atoms with E-state index in [1.807, 2.05) is 25.1 Å². The maximum atomic E-state index is 10.4. The van der Waals surface area contributed by atoms with Crippen LogP contribution in [0.2, 0.25) is 0 Å². The minimum Gasteiger partial charge on any atom is -0.493 e. The number of hydrogen-bond acceptors (Lipinski definition) is 2. The van der Waals surface area contributed by atoms with Gasteiger partial charge in [-0.3, -0.25) is 4.79 Å². The van der Waals surface area contributed by atoms with Gasteiger partial charge in [-0.25, -0.2) is 0 Å². The lowest BCUT2D eigenvalue weighted by molar-refractivity contribution is -0.137. The first-order valence-corrected chi connectivity index (χ1v) is 6.05. The van der Waals surface area contributed by atoms with Crippen molar-refractivity contribution < 1.29 is 14.6 Å². The second-order valence-corrected chi connectivity index (χ2v) is 4.30. The second kappa shape index (κ2) is 6.53. The molecule has 0 radical (unpaired) electrons. The van der Waals surface area contributed by atoms with E-state index < -0.39 is 5.97 Å². The molecule has 1 rings (SSSR count). The van der Waals surface area contributed by atoms with Crippen LogP contribution < -0.4 is 4.74 Å². The monoisotopic (exact) mass is 286 g/mol. The highest BCUT2D eigenvalue weighted by molar-refractivity contribution is 9.10. The Bertz CT molecular complexity index is 363. The number of aryl methyl sites for hydroxylation is 1. The minimum absolute atomic E-state index is 0.213. The van der Waals surface area contributed by atoms with Crippen molar-refractivity contribution in [3.63, 3.8) is 0 Å². The van der Waals surface area contributed by atoms with E-state index in [0.717, 1.165) is 22.2 Å². The highest BCUT2D eigenvalue weighted by Gasteiger charge is 2.03. The Morgan fingerprint density at radius 2 is 2.25 bits per heavy atom. The van der Waals surface area contributed by atoms with Crippen molar-refractivity contribution in [3.05, 3.63) is 28.2 Å². The first-order valence-electron chi connectivity index (χ1n) is 5.26. The Labute approximate surface area is 104 Å². The molecule has 0 aliphatic carbocycles. The molecule has 0 aliphatic heterocycles. The van der Waals surface area contributed by atoms with Crippen LogP contribution in [0.5, 0.6) is 5.75 Å². The molecular formula is C12H15BrO3. The lowest BCUT2D eigenvalue weighted by Crippen LogP contribution is -1.97. The molecule has 3 nitrogen and oxygen atoms in total. The smallest absolute Gasteiger partial charge is 0.303 e. The van der Waals surface area contributed by atoms with Gasteiger partial charge in [0.25, 0.3) is 0 Å². The van der Waals surface area contributed by atoms with E-state index in [2.05, 4.69) is 15.9 Å². The standard InChI is InChI=1S/C12H15BrO3/c1-2-16-11-7-6-9(8-10(11)13)4-3-5-12(14)15/h6-8H,2-5H2,1H3,(H,14,15). The molecule has 0 saturated heterocycles. The van der Waals surface area contributed by atoms with Crippen LogP contribution in [0.15, 0.2) is 22.7 Å². The number of rotatable bonds is 6. The molecule has 1 N–H and O–H groups in total. The third kappa shape index (κ3) is 4.23. The third-order valence-corrected chi connectivity index (χ3v) is 2.77. The molecule has 0 saturated carbocycles. The average molecular weight is 287 g/mol. The van der Waals surface area contributed by atoms with Gasteiger partial charge in [0.1, 0.15) is 5.75 Å². The van der Waals surface area contributed by atoms with Crippen LogP contribution in [0.4, 0.5) is 0 Å². The summed E-state index contributed by atoms with van der Waals surface area (Å²) < 4.78 is 6.31. The predicted octanol–water partition coefficient (Wildman–Crippen LogP) is 3.26. The zero-order valence-corrected chi connectivity index (χ0v) is 10.8. The molecule has 0 atom stereocenters.